The Morgan fingerprint density at radius 3 is 2.52 bits per heavy atom. The molecule has 9 heteroatoms. The van der Waals surface area contributed by atoms with Crippen LogP contribution in [0.4, 0.5) is 29.1 Å². The molecule has 0 bridgehead atoms. The Morgan fingerprint density at radius 2 is 1.79 bits per heavy atom. The number of hydrogen-bond donors (Lipinski definition) is 2. The third-order valence-corrected chi connectivity index (χ3v) is 4.81. The van der Waals surface area contributed by atoms with Gasteiger partial charge in [0.05, 0.1) is 17.6 Å². The molecule has 0 fully saturated rings. The lowest BCUT2D eigenvalue weighted by Crippen LogP contribution is -2.39. The summed E-state index contributed by atoms with van der Waals surface area (Å²) in [6.45, 7) is 0.535. The zero-order valence-electron chi connectivity index (χ0n) is 15.7. The third-order valence-electron chi connectivity index (χ3n) is 4.81. The van der Waals surface area contributed by atoms with E-state index in [1.54, 1.807) is 18.5 Å². The number of pyridine rings is 1. The predicted molar refractivity (Wildman–Crippen MR) is 105 cm³/mol. The van der Waals surface area contributed by atoms with Crippen molar-refractivity contribution >= 4 is 17.2 Å². The fraction of sp³-hybridized carbons (Fsp3) is 0.300. The summed E-state index contributed by atoms with van der Waals surface area (Å²) in [5.41, 5.74) is 10.0. The molecule has 0 saturated carbocycles. The quantitative estimate of drug-likeness (QED) is 0.709. The van der Waals surface area contributed by atoms with E-state index in [-0.39, 0.29) is 5.82 Å². The van der Waals surface area contributed by atoms with E-state index in [1.165, 1.54) is 23.0 Å². The van der Waals surface area contributed by atoms with Crippen molar-refractivity contribution in [3.8, 4) is 11.1 Å². The zero-order valence-corrected chi connectivity index (χ0v) is 15.7. The molecule has 1 aliphatic carbocycles. The van der Waals surface area contributed by atoms with Gasteiger partial charge in [-0.05, 0) is 43.9 Å². The lowest BCUT2D eigenvalue weighted by atomic mass is 9.95. The summed E-state index contributed by atoms with van der Waals surface area (Å²) >= 11 is 0. The largest absolute Gasteiger partial charge is 0.426 e. The number of nitrogens with zero attached hydrogens (tertiary/aromatic N) is 3. The molecule has 1 aliphatic rings. The second-order valence-electron chi connectivity index (χ2n) is 6.88. The van der Waals surface area contributed by atoms with E-state index in [1.807, 2.05) is 6.08 Å². The summed E-state index contributed by atoms with van der Waals surface area (Å²) in [5.74, 6) is 0.195. The lowest BCUT2D eigenvalue weighted by molar-refractivity contribution is -0.208. The molecule has 1 unspecified atom stereocenters. The van der Waals surface area contributed by atoms with Gasteiger partial charge in [-0.15, -0.1) is 0 Å². The van der Waals surface area contributed by atoms with E-state index in [0.29, 0.717) is 48.7 Å². The van der Waals surface area contributed by atoms with Crippen molar-refractivity contribution in [3.63, 3.8) is 0 Å². The Morgan fingerprint density at radius 1 is 1.07 bits per heavy atom. The van der Waals surface area contributed by atoms with Crippen molar-refractivity contribution in [2.75, 3.05) is 11.5 Å². The van der Waals surface area contributed by atoms with Crippen LogP contribution in [0.25, 0.3) is 16.8 Å². The van der Waals surface area contributed by atoms with Gasteiger partial charge in [-0.3, -0.25) is 0 Å². The first kappa shape index (κ1) is 20.6. The molecule has 5 nitrogen and oxygen atoms in total. The van der Waals surface area contributed by atoms with Crippen LogP contribution in [0.15, 0.2) is 54.5 Å². The molecule has 1 atom stereocenters. The average Bonchev–Trinajstić information content (AvgIpc) is 3.15. The van der Waals surface area contributed by atoms with Gasteiger partial charge in [0.2, 0.25) is 5.67 Å². The maximum absolute atomic E-state index is 14.4. The van der Waals surface area contributed by atoms with E-state index >= 15 is 0 Å². The molecule has 0 saturated heterocycles. The molecule has 2 heterocycles. The van der Waals surface area contributed by atoms with Crippen LogP contribution in [0, 0.1) is 0 Å². The van der Waals surface area contributed by atoms with E-state index in [4.69, 9.17) is 11.5 Å². The van der Waals surface area contributed by atoms with Crippen LogP contribution >= 0.6 is 0 Å². The van der Waals surface area contributed by atoms with Crippen LogP contribution in [-0.4, -0.2) is 26.6 Å². The molecule has 0 spiro atoms. The lowest BCUT2D eigenvalue weighted by Gasteiger charge is -2.25. The van der Waals surface area contributed by atoms with E-state index in [9.17, 15) is 17.6 Å². The number of aromatic nitrogens is 3. The Balaban J connectivity index is 1.94. The minimum absolute atomic E-state index is 0.195. The first-order chi connectivity index (χ1) is 13.6. The van der Waals surface area contributed by atoms with Crippen LogP contribution in [0.2, 0.25) is 0 Å². The molecule has 0 aliphatic heterocycles. The monoisotopic (exact) mass is 407 g/mol. The summed E-state index contributed by atoms with van der Waals surface area (Å²) in [6.07, 6.45) is 7.05. The Kier molecular flexibility index (Phi) is 5.50. The second kappa shape index (κ2) is 7.73. The first-order valence-electron chi connectivity index (χ1n) is 9.01. The number of alkyl halides is 4. The van der Waals surface area contributed by atoms with Gasteiger partial charge in [-0.25, -0.2) is 14.1 Å². The highest BCUT2D eigenvalue weighted by molar-refractivity contribution is 5.82. The molecule has 154 valence electrons. The fourth-order valence-electron chi connectivity index (χ4n) is 2.96. The molecular formula is C20H21F4N5. The van der Waals surface area contributed by atoms with Crippen molar-refractivity contribution in [2.24, 2.45) is 0 Å². The molecule has 0 aromatic carbocycles. The van der Waals surface area contributed by atoms with E-state index < -0.39 is 17.4 Å². The molecule has 2 aromatic rings. The highest BCUT2D eigenvalue weighted by Gasteiger charge is 2.53. The predicted octanol–water partition coefficient (Wildman–Crippen LogP) is 4.91. The van der Waals surface area contributed by atoms with Gasteiger partial charge in [0, 0.05) is 23.5 Å². The third kappa shape index (κ3) is 4.18. The fourth-order valence-corrected chi connectivity index (χ4v) is 2.96. The second-order valence-corrected chi connectivity index (χ2v) is 6.88. The minimum Gasteiger partial charge on any atom is -0.395 e. The highest BCUT2D eigenvalue weighted by atomic mass is 19.4. The van der Waals surface area contributed by atoms with Crippen LogP contribution in [0.5, 0.6) is 0 Å². The normalized spacial score (nSPS) is 22.2. The SMILES string of the molecule is CC(F)(C1=C\CCC\C=C(n2cc(-c3ccnc(N)c3N)cn2)/C=C/1)C(F)(F)F. The summed E-state index contributed by atoms with van der Waals surface area (Å²) in [7, 11) is 0. The van der Waals surface area contributed by atoms with Crippen LogP contribution < -0.4 is 11.5 Å². The van der Waals surface area contributed by atoms with E-state index in [2.05, 4.69) is 10.1 Å². The van der Waals surface area contributed by atoms with Crippen LogP contribution in [-0.2, 0) is 0 Å². The smallest absolute Gasteiger partial charge is 0.395 e. The number of nitrogen functional groups attached to an aromatic ring is 2. The van der Waals surface area contributed by atoms with Gasteiger partial charge in [-0.1, -0.05) is 18.2 Å². The van der Waals surface area contributed by atoms with Gasteiger partial charge >= 0.3 is 6.18 Å². The van der Waals surface area contributed by atoms with Crippen molar-refractivity contribution < 1.29 is 17.6 Å². The number of rotatable bonds is 3. The maximum Gasteiger partial charge on any atom is 0.426 e. The maximum atomic E-state index is 14.4. The highest BCUT2D eigenvalue weighted by Crippen LogP contribution is 2.40. The zero-order chi connectivity index (χ0) is 21.2. The van der Waals surface area contributed by atoms with Gasteiger partial charge in [0.1, 0.15) is 5.82 Å². The number of nitrogens with two attached hydrogens (primary N) is 2. The molecule has 0 amide bonds. The Labute approximate surface area is 165 Å². The molecule has 0 radical (unpaired) electrons. The summed E-state index contributed by atoms with van der Waals surface area (Å²) in [4.78, 5) is 3.92. The molecule has 2 aromatic heterocycles. The number of allylic oxidation sites excluding steroid dienone is 6. The van der Waals surface area contributed by atoms with Crippen molar-refractivity contribution in [1.29, 1.82) is 0 Å². The Hall–Kier alpha value is -3.10. The molecule has 3 rings (SSSR count). The Bertz CT molecular complexity index is 983. The minimum atomic E-state index is -5.00. The summed E-state index contributed by atoms with van der Waals surface area (Å²) in [6, 6.07) is 1.69. The number of hydrogen-bond acceptors (Lipinski definition) is 4. The van der Waals surface area contributed by atoms with Crippen molar-refractivity contribution in [3.05, 3.63) is 54.5 Å². The standard InChI is InChI=1S/C20H21F4N5/c1-19(21,20(22,23)24)14-5-3-2-4-6-15(8-7-14)29-12-13(11-28-29)16-9-10-27-18(26)17(16)25/h5-12H,2-4,25H2,1H3,(H2,26,27)/b8-7+,14-5+,15-6+. The summed E-state index contributed by atoms with van der Waals surface area (Å²) < 4.78 is 55.3. The van der Waals surface area contributed by atoms with Crippen molar-refractivity contribution in [2.45, 2.75) is 38.0 Å². The number of halogens is 4. The number of anilines is 2. The van der Waals surface area contributed by atoms with Gasteiger partial charge in [-0.2, -0.15) is 18.3 Å². The van der Waals surface area contributed by atoms with E-state index in [0.717, 1.165) is 6.08 Å². The first-order valence-corrected chi connectivity index (χ1v) is 9.01. The van der Waals surface area contributed by atoms with Gasteiger partial charge in [0.15, 0.2) is 0 Å². The van der Waals surface area contributed by atoms with Gasteiger partial charge < -0.3 is 11.5 Å². The topological polar surface area (TPSA) is 82.8 Å². The summed E-state index contributed by atoms with van der Waals surface area (Å²) in [5, 5.41) is 4.27. The molecule has 4 N–H and O–H groups in total. The van der Waals surface area contributed by atoms with Gasteiger partial charge in [0.25, 0.3) is 0 Å². The van der Waals surface area contributed by atoms with Crippen LogP contribution in [0.3, 0.4) is 0 Å². The molecule has 29 heavy (non-hydrogen) atoms. The molecular weight excluding hydrogens is 386 g/mol. The van der Waals surface area contributed by atoms with Crippen molar-refractivity contribution in [1.82, 2.24) is 14.8 Å². The van der Waals surface area contributed by atoms with Crippen LogP contribution in [0.1, 0.15) is 26.2 Å². The average molecular weight is 407 g/mol.